The van der Waals surface area contributed by atoms with Crippen molar-refractivity contribution in [1.82, 2.24) is 15.3 Å². The van der Waals surface area contributed by atoms with E-state index < -0.39 is 0 Å². The predicted molar refractivity (Wildman–Crippen MR) is 69.3 cm³/mol. The average Bonchev–Trinajstić information content (AvgIpc) is 2.74. The van der Waals surface area contributed by atoms with Gasteiger partial charge in [0.25, 0.3) is 0 Å². The van der Waals surface area contributed by atoms with E-state index in [1.807, 2.05) is 24.3 Å². The molecule has 5 heteroatoms. The summed E-state index contributed by atoms with van der Waals surface area (Å²) in [5, 5.41) is 4.40. The van der Waals surface area contributed by atoms with Gasteiger partial charge in [-0.05, 0) is 24.3 Å². The number of aromatic nitrogens is 2. The second-order valence-corrected chi connectivity index (χ2v) is 4.38. The third-order valence-corrected chi connectivity index (χ3v) is 2.89. The topological polar surface area (TPSA) is 54.9 Å². The average molecular weight is 245 g/mol. The summed E-state index contributed by atoms with van der Waals surface area (Å²) in [7, 11) is 0. The molecule has 1 amide bonds. The number of nitrogens with one attached hydrogen (secondary N) is 1. The van der Waals surface area contributed by atoms with Gasteiger partial charge < -0.3 is 5.32 Å². The third kappa shape index (κ3) is 3.29. The maximum absolute atomic E-state index is 10.3. The van der Waals surface area contributed by atoms with Crippen LogP contribution in [0.3, 0.4) is 0 Å². The first kappa shape index (κ1) is 11.6. The number of carbonyl (C=O) groups excluding carboxylic acids is 1. The van der Waals surface area contributed by atoms with E-state index in [9.17, 15) is 4.79 Å². The van der Waals surface area contributed by atoms with E-state index in [4.69, 9.17) is 0 Å². The molecule has 86 valence electrons. The molecule has 2 aromatic rings. The van der Waals surface area contributed by atoms with Crippen LogP contribution in [-0.4, -0.2) is 21.6 Å². The van der Waals surface area contributed by atoms with E-state index in [0.29, 0.717) is 5.75 Å². The molecule has 0 aliphatic carbocycles. The highest BCUT2D eigenvalue weighted by molar-refractivity contribution is 8.04. The Morgan fingerprint density at radius 2 is 1.88 bits per heavy atom. The van der Waals surface area contributed by atoms with Crippen LogP contribution in [0.5, 0.6) is 0 Å². The van der Waals surface area contributed by atoms with E-state index in [0.717, 1.165) is 16.1 Å². The fraction of sp³-hybridized carbons (Fsp3) is 0.0833. The van der Waals surface area contributed by atoms with E-state index >= 15 is 0 Å². The number of thioether (sulfide) groups is 1. The Morgan fingerprint density at radius 3 is 2.24 bits per heavy atom. The molecule has 17 heavy (non-hydrogen) atoms. The van der Waals surface area contributed by atoms with E-state index in [-0.39, 0.29) is 5.91 Å². The molecule has 3 heterocycles. The highest BCUT2D eigenvalue weighted by Gasteiger charge is 2.11. The van der Waals surface area contributed by atoms with Crippen LogP contribution in [-0.2, 0) is 4.79 Å². The number of nitrogens with zero attached hydrogens (tertiary/aromatic N) is 2. The first-order valence-electron chi connectivity index (χ1n) is 5.03. The van der Waals surface area contributed by atoms with Crippen molar-refractivity contribution in [3.8, 4) is 0 Å². The van der Waals surface area contributed by atoms with Gasteiger partial charge in [0.15, 0.2) is 5.65 Å². The second kappa shape index (κ2) is 5.45. The molecule has 0 radical (unpaired) electrons. The molecule has 3 rings (SSSR count). The maximum Gasteiger partial charge on any atom is 0.235 e. The van der Waals surface area contributed by atoms with Crippen molar-refractivity contribution in [2.24, 2.45) is 0 Å². The Hall–Kier alpha value is -1.88. The smallest absolute Gasteiger partial charge is 0.235 e. The molecule has 0 unspecified atom stereocenters. The van der Waals surface area contributed by atoms with Crippen molar-refractivity contribution >= 4 is 28.7 Å². The first-order valence-corrected chi connectivity index (χ1v) is 6.01. The number of pyridine rings is 2. The lowest BCUT2D eigenvalue weighted by Gasteiger charge is -1.90. The summed E-state index contributed by atoms with van der Waals surface area (Å²) in [6, 6.07) is 7.80. The lowest BCUT2D eigenvalue weighted by molar-refractivity contribution is -0.117. The fourth-order valence-corrected chi connectivity index (χ4v) is 1.85. The summed E-state index contributed by atoms with van der Waals surface area (Å²) in [4.78, 5) is 18.4. The van der Waals surface area contributed by atoms with Gasteiger partial charge in [-0.15, -0.1) is 0 Å². The van der Waals surface area contributed by atoms with E-state index in [2.05, 4.69) is 21.9 Å². The van der Waals surface area contributed by atoms with Crippen LogP contribution in [0.25, 0.3) is 11.0 Å². The largest absolute Gasteiger partial charge is 0.320 e. The maximum atomic E-state index is 10.3. The fourth-order valence-electron chi connectivity index (χ4n) is 1.29. The molecule has 0 spiro atoms. The molecule has 1 saturated heterocycles. The molecular weight excluding hydrogens is 234 g/mol. The molecule has 1 aliphatic rings. The quantitative estimate of drug-likeness (QED) is 0.770. The van der Waals surface area contributed by atoms with Crippen molar-refractivity contribution < 1.29 is 4.79 Å². The summed E-state index contributed by atoms with van der Waals surface area (Å²) in [6.07, 6.45) is 3.49. The molecule has 0 aromatic carbocycles. The molecular formula is C12H11N3OS. The Morgan fingerprint density at radius 1 is 1.24 bits per heavy atom. The molecule has 1 aliphatic heterocycles. The minimum Gasteiger partial charge on any atom is -0.320 e. The Bertz CT molecular complexity index is 477. The monoisotopic (exact) mass is 245 g/mol. The molecule has 1 N–H and O–H groups in total. The van der Waals surface area contributed by atoms with E-state index in [1.54, 1.807) is 12.4 Å². The predicted octanol–water partition coefficient (Wildman–Crippen LogP) is 1.95. The van der Waals surface area contributed by atoms with Crippen LogP contribution in [0.4, 0.5) is 0 Å². The zero-order valence-corrected chi connectivity index (χ0v) is 9.91. The molecule has 0 atom stereocenters. The first-order chi connectivity index (χ1) is 8.25. The lowest BCUT2D eigenvalue weighted by Crippen LogP contribution is -2.12. The Balaban J connectivity index is 0.000000136. The van der Waals surface area contributed by atoms with Gasteiger partial charge in [0, 0.05) is 17.8 Å². The van der Waals surface area contributed by atoms with Crippen molar-refractivity contribution in [2.75, 3.05) is 5.75 Å². The second-order valence-electron chi connectivity index (χ2n) is 3.31. The Labute approximate surface area is 103 Å². The van der Waals surface area contributed by atoms with Crippen molar-refractivity contribution in [3.63, 3.8) is 0 Å². The zero-order chi connectivity index (χ0) is 12.1. The van der Waals surface area contributed by atoms with Crippen LogP contribution in [0.2, 0.25) is 0 Å². The number of amides is 1. The van der Waals surface area contributed by atoms with Crippen molar-refractivity contribution in [1.29, 1.82) is 0 Å². The normalized spacial score (nSPS) is 14.1. The number of fused-ring (bicyclic) bond motifs is 1. The van der Waals surface area contributed by atoms with Crippen LogP contribution >= 0.6 is 11.8 Å². The highest BCUT2D eigenvalue weighted by atomic mass is 32.2. The summed E-state index contributed by atoms with van der Waals surface area (Å²) < 4.78 is 0. The van der Waals surface area contributed by atoms with Gasteiger partial charge in [-0.25, -0.2) is 9.97 Å². The van der Waals surface area contributed by atoms with Gasteiger partial charge in [-0.2, -0.15) is 0 Å². The number of rotatable bonds is 0. The third-order valence-electron chi connectivity index (χ3n) is 2.03. The van der Waals surface area contributed by atoms with Crippen LogP contribution in [0.15, 0.2) is 48.3 Å². The van der Waals surface area contributed by atoms with Gasteiger partial charge in [-0.1, -0.05) is 18.3 Å². The van der Waals surface area contributed by atoms with Crippen molar-refractivity contribution in [2.45, 2.75) is 0 Å². The summed E-state index contributed by atoms with van der Waals surface area (Å²) >= 11 is 1.45. The van der Waals surface area contributed by atoms with E-state index in [1.165, 1.54) is 11.8 Å². The van der Waals surface area contributed by atoms with Gasteiger partial charge >= 0.3 is 0 Å². The molecule has 4 nitrogen and oxygen atoms in total. The van der Waals surface area contributed by atoms with Crippen molar-refractivity contribution in [3.05, 3.63) is 48.3 Å². The highest BCUT2D eigenvalue weighted by Crippen LogP contribution is 2.15. The van der Waals surface area contributed by atoms with Gasteiger partial charge in [0.2, 0.25) is 5.91 Å². The number of hydrogen-bond donors (Lipinski definition) is 1. The molecule has 2 aromatic heterocycles. The molecule has 1 fully saturated rings. The lowest BCUT2D eigenvalue weighted by atomic mass is 10.3. The summed E-state index contributed by atoms with van der Waals surface area (Å²) in [5.74, 6) is 0.605. The summed E-state index contributed by atoms with van der Waals surface area (Å²) in [6.45, 7) is 3.54. The standard InChI is InChI=1S/C8H6N2.C4H5NOS/c1-3-7-4-2-6-10-8(7)9-5-1;1-3-5-4(6)2-7-3/h1-6H;1-2H2,(H,5,6). The minimum absolute atomic E-state index is 0.0648. The summed E-state index contributed by atoms with van der Waals surface area (Å²) in [5.41, 5.74) is 0.810. The zero-order valence-electron chi connectivity index (χ0n) is 9.09. The van der Waals surface area contributed by atoms with Crippen LogP contribution in [0, 0.1) is 0 Å². The molecule has 0 saturated carbocycles. The number of carbonyl (C=O) groups is 1. The molecule has 0 bridgehead atoms. The van der Waals surface area contributed by atoms with Gasteiger partial charge in [0.1, 0.15) is 0 Å². The van der Waals surface area contributed by atoms with Gasteiger partial charge in [-0.3, -0.25) is 4.79 Å². The minimum atomic E-state index is 0.0648. The van der Waals surface area contributed by atoms with Crippen LogP contribution < -0.4 is 5.32 Å². The van der Waals surface area contributed by atoms with Crippen LogP contribution in [0.1, 0.15) is 0 Å². The van der Waals surface area contributed by atoms with Gasteiger partial charge in [0.05, 0.1) is 10.8 Å². The number of hydrogen-bond acceptors (Lipinski definition) is 4. The Kier molecular flexibility index (Phi) is 3.72. The SMILES string of the molecule is C=C1NC(=O)CS1.c1cnc2ncccc2c1.